The summed E-state index contributed by atoms with van der Waals surface area (Å²) in [5, 5.41) is 3.31. The van der Waals surface area contributed by atoms with E-state index >= 15 is 0 Å². The van der Waals surface area contributed by atoms with Crippen LogP contribution in [-0.2, 0) is 0 Å². The van der Waals surface area contributed by atoms with Crippen LogP contribution in [0.5, 0.6) is 0 Å². The molecule has 1 saturated heterocycles. The first-order chi connectivity index (χ1) is 8.24. The summed E-state index contributed by atoms with van der Waals surface area (Å²) in [6.07, 6.45) is 3.58. The fraction of sp³-hybridized carbons (Fsp3) is 0.583. The van der Waals surface area contributed by atoms with Gasteiger partial charge in [-0.15, -0.1) is 0 Å². The third-order valence-electron chi connectivity index (χ3n) is 3.20. The summed E-state index contributed by atoms with van der Waals surface area (Å²) in [6, 6.07) is 2.06. The number of hydrogen-bond donors (Lipinski definition) is 1. The Balaban J connectivity index is 2.12. The van der Waals surface area contributed by atoms with Gasteiger partial charge in [0.05, 0.1) is 11.8 Å². The van der Waals surface area contributed by atoms with Gasteiger partial charge in [-0.3, -0.25) is 4.79 Å². The van der Waals surface area contributed by atoms with Gasteiger partial charge in [-0.2, -0.15) is 0 Å². The number of amides is 1. The Morgan fingerprint density at radius 3 is 2.82 bits per heavy atom. The summed E-state index contributed by atoms with van der Waals surface area (Å²) in [6.45, 7) is 4.73. The van der Waals surface area contributed by atoms with Crippen LogP contribution in [0.3, 0.4) is 0 Å². The van der Waals surface area contributed by atoms with Crippen molar-refractivity contribution in [3.8, 4) is 0 Å². The summed E-state index contributed by atoms with van der Waals surface area (Å²) < 4.78 is 5.65. The molecule has 0 bridgehead atoms. The Morgan fingerprint density at radius 2 is 2.29 bits per heavy atom. The van der Waals surface area contributed by atoms with Crippen molar-refractivity contribution in [1.82, 2.24) is 10.2 Å². The van der Waals surface area contributed by atoms with Gasteiger partial charge in [-0.25, -0.2) is 0 Å². The van der Waals surface area contributed by atoms with Crippen molar-refractivity contribution in [2.45, 2.75) is 25.8 Å². The van der Waals surface area contributed by atoms with E-state index in [4.69, 9.17) is 4.42 Å². The van der Waals surface area contributed by atoms with Crippen molar-refractivity contribution in [3.05, 3.63) is 22.6 Å². The topological polar surface area (TPSA) is 45.5 Å². The van der Waals surface area contributed by atoms with Gasteiger partial charge in [0.15, 0.2) is 4.67 Å². The number of carbonyl (C=O) groups is 1. The Hall–Kier alpha value is -0.810. The van der Waals surface area contributed by atoms with E-state index in [0.717, 1.165) is 32.5 Å². The van der Waals surface area contributed by atoms with Crippen molar-refractivity contribution >= 4 is 21.8 Å². The second-order valence-corrected chi connectivity index (χ2v) is 4.90. The molecule has 0 spiro atoms. The molecule has 1 N–H and O–H groups in total. The van der Waals surface area contributed by atoms with Gasteiger partial charge < -0.3 is 14.6 Å². The zero-order valence-corrected chi connectivity index (χ0v) is 11.5. The van der Waals surface area contributed by atoms with Crippen LogP contribution in [0.2, 0.25) is 0 Å². The maximum Gasteiger partial charge on any atom is 0.258 e. The number of nitrogens with zero attached hydrogens (tertiary/aromatic N) is 1. The maximum atomic E-state index is 12.4. The molecular weight excluding hydrogens is 284 g/mol. The molecule has 94 valence electrons. The third kappa shape index (κ3) is 2.72. The maximum absolute atomic E-state index is 12.4. The van der Waals surface area contributed by atoms with Gasteiger partial charge in [0.2, 0.25) is 0 Å². The van der Waals surface area contributed by atoms with Crippen molar-refractivity contribution in [1.29, 1.82) is 0 Å². The average Bonchev–Trinajstić information content (AvgIpc) is 2.77. The molecule has 0 radical (unpaired) electrons. The number of piperidine rings is 1. The molecule has 1 aromatic heterocycles. The highest BCUT2D eigenvalue weighted by atomic mass is 79.9. The highest BCUT2D eigenvalue weighted by Gasteiger charge is 2.26. The minimum absolute atomic E-state index is 0.0556. The number of furan rings is 1. The van der Waals surface area contributed by atoms with Crippen molar-refractivity contribution in [2.75, 3.05) is 19.6 Å². The predicted octanol–water partition coefficient (Wildman–Crippen LogP) is 2.26. The van der Waals surface area contributed by atoms with E-state index in [-0.39, 0.29) is 5.91 Å². The van der Waals surface area contributed by atoms with Gasteiger partial charge in [-0.1, -0.05) is 0 Å². The van der Waals surface area contributed by atoms with Gasteiger partial charge >= 0.3 is 0 Å². The number of carbonyl (C=O) groups excluding carboxylic acids is 1. The van der Waals surface area contributed by atoms with Crippen molar-refractivity contribution in [3.63, 3.8) is 0 Å². The molecule has 1 aromatic rings. The molecule has 1 aliphatic rings. The summed E-state index contributed by atoms with van der Waals surface area (Å²) in [5.41, 5.74) is 0.616. The SMILES string of the molecule is CCN(C(=O)c1ccoc1Br)C1CCNCC1. The normalized spacial score (nSPS) is 17.1. The Morgan fingerprint density at radius 1 is 1.59 bits per heavy atom. The minimum Gasteiger partial charge on any atom is -0.457 e. The first-order valence-electron chi connectivity index (χ1n) is 5.98. The number of rotatable bonds is 3. The predicted molar refractivity (Wildman–Crippen MR) is 69.0 cm³/mol. The second-order valence-electron chi connectivity index (χ2n) is 4.18. The Kier molecular flexibility index (Phi) is 4.23. The van der Waals surface area contributed by atoms with E-state index in [1.807, 2.05) is 11.8 Å². The first kappa shape index (κ1) is 12.6. The summed E-state index contributed by atoms with van der Waals surface area (Å²) in [4.78, 5) is 14.3. The van der Waals surface area contributed by atoms with Crippen LogP contribution in [0.4, 0.5) is 0 Å². The van der Waals surface area contributed by atoms with Crippen LogP contribution in [-0.4, -0.2) is 36.5 Å². The fourth-order valence-electron chi connectivity index (χ4n) is 2.29. The van der Waals surface area contributed by atoms with E-state index in [0.29, 0.717) is 16.3 Å². The molecule has 0 atom stereocenters. The summed E-state index contributed by atoms with van der Waals surface area (Å²) in [7, 11) is 0. The lowest BCUT2D eigenvalue weighted by molar-refractivity contribution is 0.0654. The minimum atomic E-state index is 0.0556. The third-order valence-corrected chi connectivity index (χ3v) is 3.81. The van der Waals surface area contributed by atoms with E-state index < -0.39 is 0 Å². The van der Waals surface area contributed by atoms with Crippen LogP contribution >= 0.6 is 15.9 Å². The Labute approximate surface area is 109 Å². The molecule has 17 heavy (non-hydrogen) atoms. The molecule has 0 saturated carbocycles. The lowest BCUT2D eigenvalue weighted by Crippen LogP contribution is -2.46. The molecule has 0 aliphatic carbocycles. The van der Waals surface area contributed by atoms with Gasteiger partial charge in [0.25, 0.3) is 5.91 Å². The average molecular weight is 301 g/mol. The molecule has 5 heteroatoms. The zero-order chi connectivity index (χ0) is 12.3. The lowest BCUT2D eigenvalue weighted by Gasteiger charge is -2.33. The highest BCUT2D eigenvalue weighted by molar-refractivity contribution is 9.10. The molecule has 4 nitrogen and oxygen atoms in total. The number of hydrogen-bond acceptors (Lipinski definition) is 3. The van der Waals surface area contributed by atoms with Crippen LogP contribution < -0.4 is 5.32 Å². The molecule has 1 aliphatic heterocycles. The zero-order valence-electron chi connectivity index (χ0n) is 9.91. The van der Waals surface area contributed by atoms with Crippen LogP contribution in [0.15, 0.2) is 21.4 Å². The highest BCUT2D eigenvalue weighted by Crippen LogP contribution is 2.22. The summed E-state index contributed by atoms with van der Waals surface area (Å²) in [5.74, 6) is 0.0556. The fourth-order valence-corrected chi connectivity index (χ4v) is 2.70. The lowest BCUT2D eigenvalue weighted by atomic mass is 10.0. The van der Waals surface area contributed by atoms with E-state index in [9.17, 15) is 4.79 Å². The molecule has 0 unspecified atom stereocenters. The van der Waals surface area contributed by atoms with E-state index in [2.05, 4.69) is 21.2 Å². The van der Waals surface area contributed by atoms with Gasteiger partial charge in [-0.05, 0) is 54.9 Å². The van der Waals surface area contributed by atoms with E-state index in [1.165, 1.54) is 6.26 Å². The van der Waals surface area contributed by atoms with Crippen LogP contribution in [0.25, 0.3) is 0 Å². The molecule has 1 fully saturated rings. The molecule has 1 amide bonds. The molecule has 2 rings (SSSR count). The van der Waals surface area contributed by atoms with Gasteiger partial charge in [0.1, 0.15) is 0 Å². The van der Waals surface area contributed by atoms with E-state index in [1.54, 1.807) is 6.07 Å². The smallest absolute Gasteiger partial charge is 0.258 e. The number of halogens is 1. The van der Waals surface area contributed by atoms with Crippen molar-refractivity contribution < 1.29 is 9.21 Å². The molecule has 0 aromatic carbocycles. The van der Waals surface area contributed by atoms with Crippen LogP contribution in [0, 0.1) is 0 Å². The molecule has 2 heterocycles. The largest absolute Gasteiger partial charge is 0.457 e. The standard InChI is InChI=1S/C12H17BrN2O2/c1-2-15(9-3-6-14-7-4-9)12(16)10-5-8-17-11(10)13/h5,8-9,14H,2-4,6-7H2,1H3. The summed E-state index contributed by atoms with van der Waals surface area (Å²) >= 11 is 3.26. The quantitative estimate of drug-likeness (QED) is 0.931. The Bertz CT molecular complexity index is 386. The second kappa shape index (κ2) is 5.69. The molecular formula is C12H17BrN2O2. The monoisotopic (exact) mass is 300 g/mol. The van der Waals surface area contributed by atoms with Crippen molar-refractivity contribution in [2.24, 2.45) is 0 Å². The number of nitrogens with one attached hydrogen (secondary N) is 1. The van der Waals surface area contributed by atoms with Gasteiger partial charge in [0, 0.05) is 12.6 Å². The van der Waals surface area contributed by atoms with Crippen LogP contribution in [0.1, 0.15) is 30.1 Å². The first-order valence-corrected chi connectivity index (χ1v) is 6.78.